The monoisotopic (exact) mass is 120 g/mol. The summed E-state index contributed by atoms with van der Waals surface area (Å²) in [4.78, 5) is 0. The van der Waals surface area contributed by atoms with Crippen LogP contribution in [-0.2, 0) is 0 Å². The lowest BCUT2D eigenvalue weighted by Gasteiger charge is -1.78. The fourth-order valence-corrected chi connectivity index (χ4v) is 0. The van der Waals surface area contributed by atoms with Crippen LogP contribution in [0.25, 0.3) is 0 Å². The van der Waals surface area contributed by atoms with Crippen molar-refractivity contribution in [3.63, 3.8) is 0 Å². The fraction of sp³-hybridized carbons (Fsp3) is 1.00. The predicted molar refractivity (Wildman–Crippen MR) is 19.2 cm³/mol. The van der Waals surface area contributed by atoms with Gasteiger partial charge in [-0.25, -0.2) is 13.2 Å². The molecule has 0 heterocycles. The summed E-state index contributed by atoms with van der Waals surface area (Å²) in [7, 11) is 0. The largest absolute Gasteiger partial charge is 0.266 e. The molecular formula is C2H4ClF3. The van der Waals surface area contributed by atoms with E-state index in [2.05, 4.69) is 0 Å². The van der Waals surface area contributed by atoms with E-state index >= 15 is 0 Å². The van der Waals surface area contributed by atoms with Crippen LogP contribution in [0.1, 0.15) is 0 Å². The number of alkyl halides is 3. The van der Waals surface area contributed by atoms with E-state index in [1.807, 2.05) is 0 Å². The van der Waals surface area contributed by atoms with Crippen LogP contribution < -0.4 is 0 Å². The molecule has 0 aromatic carbocycles. The maximum absolute atomic E-state index is 10.4. The van der Waals surface area contributed by atoms with Crippen LogP contribution in [0.5, 0.6) is 0 Å². The minimum Gasteiger partial charge on any atom is -0.245 e. The van der Waals surface area contributed by atoms with Gasteiger partial charge in [-0.1, -0.05) is 0 Å². The van der Waals surface area contributed by atoms with Gasteiger partial charge in [-0.3, -0.25) is 0 Å². The molecule has 0 aliphatic heterocycles. The second kappa shape index (κ2) is 5.08. The van der Waals surface area contributed by atoms with E-state index < -0.39 is 13.1 Å². The van der Waals surface area contributed by atoms with Gasteiger partial charge in [0, 0.05) is 0 Å². The highest BCUT2D eigenvalue weighted by molar-refractivity contribution is 5.85. The smallest absolute Gasteiger partial charge is 0.245 e. The summed E-state index contributed by atoms with van der Waals surface area (Å²) in [5.41, 5.74) is 0. The zero-order valence-corrected chi connectivity index (χ0v) is 3.64. The highest BCUT2D eigenvalue weighted by Crippen LogP contribution is 1.88. The minimum atomic E-state index is -2.78. The molecular weight excluding hydrogens is 116 g/mol. The molecule has 4 heteroatoms. The van der Waals surface area contributed by atoms with Gasteiger partial charge in [0.1, 0.15) is 0 Å². The van der Waals surface area contributed by atoms with Gasteiger partial charge in [0.15, 0.2) is 6.67 Å². The maximum atomic E-state index is 10.4. The van der Waals surface area contributed by atoms with E-state index in [0.29, 0.717) is 0 Å². The van der Waals surface area contributed by atoms with Gasteiger partial charge in [0.25, 0.3) is 6.43 Å². The average molecular weight is 121 g/mol. The lowest BCUT2D eigenvalue weighted by atomic mass is 10.8. The first-order valence-corrected chi connectivity index (χ1v) is 1.11. The Bertz CT molecular complexity index is 22.8. The van der Waals surface area contributed by atoms with Gasteiger partial charge in [0.2, 0.25) is 0 Å². The molecule has 0 saturated carbocycles. The van der Waals surface area contributed by atoms with Crippen LogP contribution in [-0.4, -0.2) is 13.1 Å². The Kier molecular flexibility index (Phi) is 7.98. The quantitative estimate of drug-likeness (QED) is 0.494. The zero-order valence-electron chi connectivity index (χ0n) is 2.83. The van der Waals surface area contributed by atoms with Crippen molar-refractivity contribution in [3.8, 4) is 0 Å². The molecule has 0 amide bonds. The second-order valence-electron chi connectivity index (χ2n) is 0.545. The van der Waals surface area contributed by atoms with Crippen LogP contribution >= 0.6 is 12.4 Å². The molecule has 6 heavy (non-hydrogen) atoms. The summed E-state index contributed by atoms with van der Waals surface area (Å²) in [6.07, 6.45) is -2.78. The molecule has 0 nitrogen and oxygen atoms in total. The van der Waals surface area contributed by atoms with Crippen LogP contribution in [0.3, 0.4) is 0 Å². The lowest BCUT2D eigenvalue weighted by molar-refractivity contribution is 0.113. The Labute approximate surface area is 39.8 Å². The first-order valence-electron chi connectivity index (χ1n) is 1.11. The number of rotatable bonds is 1. The van der Waals surface area contributed by atoms with Crippen molar-refractivity contribution in [2.45, 2.75) is 6.43 Å². The molecule has 0 spiro atoms. The van der Waals surface area contributed by atoms with Gasteiger partial charge < -0.3 is 0 Å². The number of halogens is 4. The summed E-state index contributed by atoms with van der Waals surface area (Å²) in [6, 6.07) is 0. The van der Waals surface area contributed by atoms with Gasteiger partial charge in [-0.05, 0) is 0 Å². The van der Waals surface area contributed by atoms with E-state index in [9.17, 15) is 13.2 Å². The SMILES string of the molecule is Cl.FCC(F)F. The van der Waals surface area contributed by atoms with Crippen molar-refractivity contribution in [2.24, 2.45) is 0 Å². The zero-order chi connectivity index (χ0) is 4.28. The molecule has 0 aliphatic rings. The summed E-state index contributed by atoms with van der Waals surface area (Å²) in [6.45, 7) is -1.53. The molecule has 0 N–H and O–H groups in total. The molecule has 0 atom stereocenters. The van der Waals surface area contributed by atoms with E-state index in [1.54, 1.807) is 0 Å². The van der Waals surface area contributed by atoms with E-state index in [0.717, 1.165) is 0 Å². The molecule has 0 unspecified atom stereocenters. The first kappa shape index (κ1) is 9.43. The highest BCUT2D eigenvalue weighted by atomic mass is 35.5. The first-order chi connectivity index (χ1) is 2.27. The van der Waals surface area contributed by atoms with Crippen LogP contribution in [0.4, 0.5) is 13.2 Å². The number of hydrogen-bond acceptors (Lipinski definition) is 0. The van der Waals surface area contributed by atoms with Crippen LogP contribution in [0.2, 0.25) is 0 Å². The van der Waals surface area contributed by atoms with Gasteiger partial charge in [0.05, 0.1) is 0 Å². The molecule has 0 saturated heterocycles. The third-order valence-electron chi connectivity index (χ3n) is 0.117. The molecule has 0 aromatic rings. The van der Waals surface area contributed by atoms with Gasteiger partial charge >= 0.3 is 0 Å². The predicted octanol–water partition coefficient (Wildman–Crippen LogP) is 1.64. The molecule has 0 fully saturated rings. The highest BCUT2D eigenvalue weighted by Gasteiger charge is 1.95. The Balaban J connectivity index is 0. The van der Waals surface area contributed by atoms with E-state index in [4.69, 9.17) is 0 Å². The molecule has 40 valence electrons. The summed E-state index contributed by atoms with van der Waals surface area (Å²) in [5, 5.41) is 0. The average Bonchev–Trinajstić information content (AvgIpc) is 1.38. The fourth-order valence-electron chi connectivity index (χ4n) is 0. The summed E-state index contributed by atoms with van der Waals surface area (Å²) >= 11 is 0. The summed E-state index contributed by atoms with van der Waals surface area (Å²) < 4.78 is 31.1. The van der Waals surface area contributed by atoms with Gasteiger partial charge in [-0.15, -0.1) is 12.4 Å². The van der Waals surface area contributed by atoms with Crippen molar-refractivity contribution in [1.82, 2.24) is 0 Å². The van der Waals surface area contributed by atoms with E-state index in [1.165, 1.54) is 0 Å². The summed E-state index contributed by atoms with van der Waals surface area (Å²) in [5.74, 6) is 0. The third kappa shape index (κ3) is 8.95. The van der Waals surface area contributed by atoms with Crippen molar-refractivity contribution < 1.29 is 13.2 Å². The number of hydrogen-bond donors (Lipinski definition) is 0. The van der Waals surface area contributed by atoms with Crippen molar-refractivity contribution >= 4 is 12.4 Å². The van der Waals surface area contributed by atoms with Crippen LogP contribution in [0, 0.1) is 0 Å². The van der Waals surface area contributed by atoms with Crippen molar-refractivity contribution in [3.05, 3.63) is 0 Å². The topological polar surface area (TPSA) is 0 Å². The Morgan fingerprint density at radius 3 is 1.50 bits per heavy atom. The minimum absolute atomic E-state index is 0. The Morgan fingerprint density at radius 1 is 1.33 bits per heavy atom. The second-order valence-corrected chi connectivity index (χ2v) is 0.545. The molecule has 0 aliphatic carbocycles. The molecule has 0 bridgehead atoms. The van der Waals surface area contributed by atoms with Crippen molar-refractivity contribution in [1.29, 1.82) is 0 Å². The van der Waals surface area contributed by atoms with Gasteiger partial charge in [-0.2, -0.15) is 0 Å². The standard InChI is InChI=1S/C2H3F3.ClH/c3-1-2(4)5;/h2H,1H2;1H. The molecule has 0 rings (SSSR count). The maximum Gasteiger partial charge on any atom is 0.266 e. The Hall–Kier alpha value is 0.0800. The lowest BCUT2D eigenvalue weighted by Crippen LogP contribution is -1.88. The van der Waals surface area contributed by atoms with Crippen molar-refractivity contribution in [2.75, 3.05) is 6.67 Å². The van der Waals surface area contributed by atoms with E-state index in [-0.39, 0.29) is 12.4 Å². The molecule has 0 radical (unpaired) electrons. The molecule has 0 aromatic heterocycles. The third-order valence-corrected chi connectivity index (χ3v) is 0.117. The normalized spacial score (nSPS) is 8.00. The Morgan fingerprint density at radius 2 is 1.50 bits per heavy atom. The van der Waals surface area contributed by atoms with Crippen LogP contribution in [0.15, 0.2) is 0 Å².